The zero-order chi connectivity index (χ0) is 27.6. The van der Waals surface area contributed by atoms with Crippen LogP contribution in [0.25, 0.3) is 32.1 Å². The van der Waals surface area contributed by atoms with Crippen molar-refractivity contribution in [3.8, 4) is 23.2 Å². The van der Waals surface area contributed by atoms with Crippen LogP contribution in [0.1, 0.15) is 19.3 Å². The van der Waals surface area contributed by atoms with Crippen LogP contribution in [0.4, 0.5) is 5.82 Å². The number of piperazine rings is 1. The van der Waals surface area contributed by atoms with Gasteiger partial charge in [-0.05, 0) is 72.6 Å². The zero-order valence-corrected chi connectivity index (χ0v) is 23.4. The van der Waals surface area contributed by atoms with E-state index in [4.69, 9.17) is 14.7 Å². The van der Waals surface area contributed by atoms with E-state index in [0.717, 1.165) is 35.2 Å². The summed E-state index contributed by atoms with van der Waals surface area (Å²) in [5, 5.41) is 13.7. The molecule has 2 saturated heterocycles. The maximum absolute atomic E-state index is 12.5. The van der Waals surface area contributed by atoms with E-state index in [1.807, 2.05) is 0 Å². The Bertz CT molecular complexity index is 1610. The highest BCUT2D eigenvalue weighted by Gasteiger charge is 2.31. The molecular weight excluding hydrogens is 520 g/mol. The lowest BCUT2D eigenvalue weighted by atomic mass is 10.0. The lowest BCUT2D eigenvalue weighted by Crippen LogP contribution is -2.55. The summed E-state index contributed by atoms with van der Waals surface area (Å²) in [6.45, 7) is 6.83. The molecule has 0 radical (unpaired) electrons. The molecule has 2 aromatic heterocycles. The Hall–Kier alpha value is -4.00. The number of benzene rings is 2. The molecule has 1 amide bonds. The normalized spacial score (nSPS) is 19.7. The van der Waals surface area contributed by atoms with Crippen molar-refractivity contribution in [2.24, 2.45) is 0 Å². The van der Waals surface area contributed by atoms with E-state index in [9.17, 15) is 10.1 Å². The Labute approximate surface area is 238 Å². The van der Waals surface area contributed by atoms with Gasteiger partial charge in [0.15, 0.2) is 0 Å². The third kappa shape index (κ3) is 5.01. The summed E-state index contributed by atoms with van der Waals surface area (Å²) >= 11 is 1.74. The van der Waals surface area contributed by atoms with Gasteiger partial charge in [0.25, 0.3) is 0 Å². The first kappa shape index (κ1) is 26.2. The predicted octanol–water partition coefficient (Wildman–Crippen LogP) is 5.10. The molecule has 4 heterocycles. The van der Waals surface area contributed by atoms with Gasteiger partial charge in [0.1, 0.15) is 12.4 Å². The van der Waals surface area contributed by atoms with Gasteiger partial charge in [0.2, 0.25) is 5.91 Å². The van der Waals surface area contributed by atoms with Crippen molar-refractivity contribution in [2.75, 3.05) is 44.7 Å². The molecule has 40 heavy (non-hydrogen) atoms. The number of ether oxygens (including phenoxy) is 1. The van der Waals surface area contributed by atoms with Crippen LogP contribution in [-0.4, -0.2) is 77.6 Å². The van der Waals surface area contributed by atoms with Crippen molar-refractivity contribution in [1.82, 2.24) is 19.8 Å². The monoisotopic (exact) mass is 552 g/mol. The number of amides is 1. The van der Waals surface area contributed by atoms with Crippen molar-refractivity contribution >= 4 is 44.1 Å². The number of nitrogens with zero attached hydrogens (tertiary/aromatic N) is 6. The summed E-state index contributed by atoms with van der Waals surface area (Å²) in [6, 6.07) is 17.5. The second kappa shape index (κ2) is 11.2. The Balaban J connectivity index is 1.39. The molecule has 0 spiro atoms. The fourth-order valence-corrected chi connectivity index (χ4v) is 6.82. The van der Waals surface area contributed by atoms with E-state index >= 15 is 0 Å². The van der Waals surface area contributed by atoms with Crippen molar-refractivity contribution in [3.63, 3.8) is 0 Å². The largest absolute Gasteiger partial charge is 0.462 e. The number of rotatable bonds is 7. The first-order valence-electron chi connectivity index (χ1n) is 13.7. The van der Waals surface area contributed by atoms with E-state index in [2.05, 4.69) is 77.3 Å². The highest BCUT2D eigenvalue weighted by molar-refractivity contribution is 7.17. The van der Waals surface area contributed by atoms with Gasteiger partial charge in [-0.3, -0.25) is 4.79 Å². The summed E-state index contributed by atoms with van der Waals surface area (Å²) in [5.74, 6) is 0.624. The number of thiophene rings is 1. The van der Waals surface area contributed by atoms with Gasteiger partial charge < -0.3 is 19.4 Å². The minimum Gasteiger partial charge on any atom is -0.462 e. The summed E-state index contributed by atoms with van der Waals surface area (Å²) < 4.78 is 7.49. The lowest BCUT2D eigenvalue weighted by Gasteiger charge is -2.41. The summed E-state index contributed by atoms with van der Waals surface area (Å²) in [6.07, 6.45) is 3.83. The molecule has 0 aliphatic carbocycles. The Morgan fingerprint density at radius 1 is 1.20 bits per heavy atom. The Morgan fingerprint density at radius 2 is 2.10 bits per heavy atom. The van der Waals surface area contributed by atoms with Gasteiger partial charge in [0.05, 0.1) is 24.0 Å². The third-order valence-corrected chi connectivity index (χ3v) is 9.05. The Morgan fingerprint density at radius 3 is 2.90 bits per heavy atom. The van der Waals surface area contributed by atoms with Crippen molar-refractivity contribution in [1.29, 1.82) is 5.26 Å². The molecule has 2 atom stereocenters. The van der Waals surface area contributed by atoms with Crippen molar-refractivity contribution in [3.05, 3.63) is 60.5 Å². The lowest BCUT2D eigenvalue weighted by molar-refractivity contribution is -0.128. The van der Waals surface area contributed by atoms with Crippen LogP contribution in [0.3, 0.4) is 0 Å². The molecule has 0 bridgehead atoms. The van der Waals surface area contributed by atoms with Crippen LogP contribution in [0.2, 0.25) is 0 Å². The summed E-state index contributed by atoms with van der Waals surface area (Å²) in [5.41, 5.74) is 3.08. The first-order valence-corrected chi connectivity index (χ1v) is 14.6. The molecular formula is C31H32N6O2S. The SMILES string of the molecule is C=CC(=O)N1CCN(c2nc(OCC3CCCN3C)nc3cc(-c4cccc5ccsc45)ccc23)CC1CC#N. The van der Waals surface area contributed by atoms with Crippen LogP contribution in [0.15, 0.2) is 60.5 Å². The molecule has 0 saturated carbocycles. The van der Waals surface area contributed by atoms with E-state index in [1.54, 1.807) is 16.2 Å². The average molecular weight is 553 g/mol. The number of hydrogen-bond acceptors (Lipinski definition) is 8. The minimum absolute atomic E-state index is 0.149. The quantitative estimate of drug-likeness (QED) is 0.295. The topological polar surface area (TPSA) is 85.6 Å². The fraction of sp³-hybridized carbons (Fsp3) is 0.355. The first-order chi connectivity index (χ1) is 19.6. The fourth-order valence-electron chi connectivity index (χ4n) is 5.88. The number of fused-ring (bicyclic) bond motifs is 2. The van der Waals surface area contributed by atoms with Crippen LogP contribution in [0, 0.1) is 11.3 Å². The maximum atomic E-state index is 12.5. The molecule has 6 rings (SSSR count). The van der Waals surface area contributed by atoms with Crippen LogP contribution in [-0.2, 0) is 4.79 Å². The van der Waals surface area contributed by atoms with E-state index < -0.39 is 0 Å². The molecule has 9 heteroatoms. The van der Waals surface area contributed by atoms with Gasteiger partial charge in [-0.15, -0.1) is 11.3 Å². The standard InChI is InChI=1S/C31H32N6O2S/c1-3-28(38)37-16-15-36(19-23(37)11-13-32)30-26-10-9-22(25-8-4-6-21-12-17-40-29(21)25)18-27(26)33-31(34-30)39-20-24-7-5-14-35(24)2/h3-4,6,8-10,12,17-18,23-24H,1,5,7,11,14-16,19-20H2,2H3. The van der Waals surface area contributed by atoms with Crippen molar-refractivity contribution < 1.29 is 9.53 Å². The Kier molecular flexibility index (Phi) is 7.37. The van der Waals surface area contributed by atoms with Crippen LogP contribution >= 0.6 is 11.3 Å². The minimum atomic E-state index is -0.249. The molecule has 2 aliphatic heterocycles. The number of aromatic nitrogens is 2. The number of carbonyl (C=O) groups excluding carboxylic acids is 1. The summed E-state index contributed by atoms with van der Waals surface area (Å²) in [4.78, 5) is 28.5. The molecule has 2 fully saturated rings. The van der Waals surface area contributed by atoms with E-state index in [1.165, 1.54) is 28.1 Å². The molecule has 2 aliphatic rings. The van der Waals surface area contributed by atoms with Gasteiger partial charge in [-0.1, -0.05) is 30.8 Å². The number of carbonyl (C=O) groups is 1. The average Bonchev–Trinajstić information content (AvgIpc) is 3.63. The molecule has 4 aromatic rings. The van der Waals surface area contributed by atoms with Gasteiger partial charge in [-0.2, -0.15) is 15.2 Å². The maximum Gasteiger partial charge on any atom is 0.319 e. The molecule has 2 unspecified atom stereocenters. The highest BCUT2D eigenvalue weighted by atomic mass is 32.1. The molecule has 8 nitrogen and oxygen atoms in total. The third-order valence-electron chi connectivity index (χ3n) is 8.09. The molecule has 204 valence electrons. The number of nitriles is 1. The predicted molar refractivity (Wildman–Crippen MR) is 160 cm³/mol. The van der Waals surface area contributed by atoms with E-state index in [-0.39, 0.29) is 18.4 Å². The van der Waals surface area contributed by atoms with Gasteiger partial charge in [0, 0.05) is 35.8 Å². The smallest absolute Gasteiger partial charge is 0.319 e. The van der Waals surface area contributed by atoms with Gasteiger partial charge in [-0.25, -0.2) is 0 Å². The summed E-state index contributed by atoms with van der Waals surface area (Å²) in [7, 11) is 2.13. The second-order valence-electron chi connectivity index (χ2n) is 10.5. The number of hydrogen-bond donors (Lipinski definition) is 0. The molecule has 2 aromatic carbocycles. The molecule has 0 N–H and O–H groups in total. The number of likely N-dealkylation sites (tertiary alicyclic amines) is 1. The zero-order valence-electron chi connectivity index (χ0n) is 22.6. The van der Waals surface area contributed by atoms with E-state index in [0.29, 0.717) is 38.3 Å². The van der Waals surface area contributed by atoms with Crippen LogP contribution < -0.4 is 9.64 Å². The van der Waals surface area contributed by atoms with Gasteiger partial charge >= 0.3 is 6.01 Å². The second-order valence-corrected chi connectivity index (χ2v) is 11.4. The number of likely N-dealkylation sites (N-methyl/N-ethyl adjacent to an activating group) is 1. The highest BCUT2D eigenvalue weighted by Crippen LogP contribution is 2.36. The van der Waals surface area contributed by atoms with Crippen LogP contribution in [0.5, 0.6) is 6.01 Å². The number of anilines is 1. The van der Waals surface area contributed by atoms with Crippen molar-refractivity contribution in [2.45, 2.75) is 31.3 Å².